The molecule has 0 spiro atoms. The van der Waals surface area contributed by atoms with E-state index in [0.717, 1.165) is 12.1 Å². The standard InChI is InChI=1S/C16H19F3N4O2/c1-4-23(10-14(24)22(2)3)9-13-20-15(21-25-13)11-6-5-7-12(8-11)16(17,18)19/h5-8H,4,9-10H2,1-3H3. The normalized spacial score (nSPS) is 11.8. The van der Waals surface area contributed by atoms with E-state index < -0.39 is 11.7 Å². The average molecular weight is 356 g/mol. The highest BCUT2D eigenvalue weighted by atomic mass is 19.4. The summed E-state index contributed by atoms with van der Waals surface area (Å²) in [6.45, 7) is 2.89. The van der Waals surface area contributed by atoms with Gasteiger partial charge in [-0.1, -0.05) is 24.2 Å². The lowest BCUT2D eigenvalue weighted by atomic mass is 10.1. The number of halogens is 3. The lowest BCUT2D eigenvalue weighted by Gasteiger charge is -2.19. The molecule has 0 unspecified atom stereocenters. The van der Waals surface area contributed by atoms with E-state index in [1.165, 1.54) is 17.0 Å². The average Bonchev–Trinajstić information content (AvgIpc) is 3.02. The van der Waals surface area contributed by atoms with Crippen molar-refractivity contribution in [2.24, 2.45) is 0 Å². The number of hydrogen-bond acceptors (Lipinski definition) is 5. The SMILES string of the molecule is CCN(CC(=O)N(C)C)Cc1nc(-c2cccc(C(F)(F)F)c2)no1. The van der Waals surface area contributed by atoms with Gasteiger partial charge in [-0.3, -0.25) is 9.69 Å². The maximum Gasteiger partial charge on any atom is 0.416 e. The molecule has 136 valence electrons. The van der Waals surface area contributed by atoms with Gasteiger partial charge in [-0.2, -0.15) is 18.2 Å². The summed E-state index contributed by atoms with van der Waals surface area (Å²) in [5, 5.41) is 3.74. The van der Waals surface area contributed by atoms with Crippen molar-refractivity contribution in [1.29, 1.82) is 0 Å². The quantitative estimate of drug-likeness (QED) is 0.796. The van der Waals surface area contributed by atoms with Gasteiger partial charge in [0.25, 0.3) is 0 Å². The first-order valence-corrected chi connectivity index (χ1v) is 7.63. The molecule has 0 N–H and O–H groups in total. The van der Waals surface area contributed by atoms with Gasteiger partial charge in [-0.25, -0.2) is 0 Å². The number of carbonyl (C=O) groups excluding carboxylic acids is 1. The predicted octanol–water partition coefficient (Wildman–Crippen LogP) is 2.67. The smallest absolute Gasteiger partial charge is 0.348 e. The number of carbonyl (C=O) groups is 1. The minimum Gasteiger partial charge on any atom is -0.348 e. The van der Waals surface area contributed by atoms with Crippen LogP contribution in [0.25, 0.3) is 11.4 Å². The summed E-state index contributed by atoms with van der Waals surface area (Å²) in [4.78, 5) is 19.2. The van der Waals surface area contributed by atoms with Crippen molar-refractivity contribution in [2.45, 2.75) is 19.6 Å². The number of amides is 1. The van der Waals surface area contributed by atoms with Crippen molar-refractivity contribution in [3.63, 3.8) is 0 Å². The molecule has 0 aliphatic carbocycles. The minimum atomic E-state index is -4.44. The van der Waals surface area contributed by atoms with Crippen LogP contribution in [0.5, 0.6) is 0 Å². The molecular formula is C16H19F3N4O2. The van der Waals surface area contributed by atoms with Crippen LogP contribution in [0.1, 0.15) is 18.4 Å². The van der Waals surface area contributed by atoms with Gasteiger partial charge in [-0.05, 0) is 18.7 Å². The van der Waals surface area contributed by atoms with Crippen LogP contribution in [0.2, 0.25) is 0 Å². The van der Waals surface area contributed by atoms with Crippen LogP contribution in [0.3, 0.4) is 0 Å². The summed E-state index contributed by atoms with van der Waals surface area (Å²) >= 11 is 0. The molecule has 0 bridgehead atoms. The number of aromatic nitrogens is 2. The Morgan fingerprint density at radius 1 is 1.28 bits per heavy atom. The number of likely N-dealkylation sites (N-methyl/N-ethyl adjacent to an activating group) is 2. The van der Waals surface area contributed by atoms with Crippen LogP contribution in [-0.2, 0) is 17.5 Å². The highest BCUT2D eigenvalue weighted by Crippen LogP contribution is 2.31. The van der Waals surface area contributed by atoms with Gasteiger partial charge in [-0.15, -0.1) is 0 Å². The first-order valence-electron chi connectivity index (χ1n) is 7.63. The molecule has 0 aliphatic heterocycles. The van der Waals surface area contributed by atoms with E-state index in [9.17, 15) is 18.0 Å². The molecule has 2 aromatic rings. The highest BCUT2D eigenvalue weighted by molar-refractivity contribution is 5.77. The number of alkyl halides is 3. The number of benzene rings is 1. The number of hydrogen-bond donors (Lipinski definition) is 0. The van der Waals surface area contributed by atoms with Gasteiger partial charge in [0.05, 0.1) is 18.7 Å². The Morgan fingerprint density at radius 3 is 2.60 bits per heavy atom. The summed E-state index contributed by atoms with van der Waals surface area (Å²) in [5.74, 6) is 0.247. The van der Waals surface area contributed by atoms with E-state index >= 15 is 0 Å². The maximum absolute atomic E-state index is 12.8. The maximum atomic E-state index is 12.8. The molecule has 1 amide bonds. The molecule has 1 aromatic carbocycles. The van der Waals surface area contributed by atoms with Crippen molar-refractivity contribution in [2.75, 3.05) is 27.2 Å². The molecular weight excluding hydrogens is 337 g/mol. The highest BCUT2D eigenvalue weighted by Gasteiger charge is 2.30. The lowest BCUT2D eigenvalue weighted by Crippen LogP contribution is -2.36. The Balaban J connectivity index is 2.13. The largest absolute Gasteiger partial charge is 0.416 e. The molecule has 2 rings (SSSR count). The van der Waals surface area contributed by atoms with Crippen LogP contribution in [-0.4, -0.2) is 53.0 Å². The van der Waals surface area contributed by atoms with Crippen LogP contribution in [0, 0.1) is 0 Å². The zero-order valence-electron chi connectivity index (χ0n) is 14.2. The van der Waals surface area contributed by atoms with Crippen molar-refractivity contribution >= 4 is 5.91 Å². The fourth-order valence-electron chi connectivity index (χ4n) is 2.07. The van der Waals surface area contributed by atoms with E-state index in [-0.39, 0.29) is 36.3 Å². The summed E-state index contributed by atoms with van der Waals surface area (Å²) in [6.07, 6.45) is -4.44. The second kappa shape index (κ2) is 7.64. The third-order valence-corrected chi connectivity index (χ3v) is 3.58. The first kappa shape index (κ1) is 18.9. The third-order valence-electron chi connectivity index (χ3n) is 3.58. The Bertz CT molecular complexity index is 728. The number of rotatable bonds is 6. The van der Waals surface area contributed by atoms with Gasteiger partial charge >= 0.3 is 6.18 Å². The van der Waals surface area contributed by atoms with E-state index in [0.29, 0.717) is 6.54 Å². The molecule has 6 nitrogen and oxygen atoms in total. The fourth-order valence-corrected chi connectivity index (χ4v) is 2.07. The first-order chi connectivity index (χ1) is 11.7. The summed E-state index contributed by atoms with van der Waals surface area (Å²) in [7, 11) is 3.32. The monoisotopic (exact) mass is 356 g/mol. The van der Waals surface area contributed by atoms with E-state index in [4.69, 9.17) is 4.52 Å². The van der Waals surface area contributed by atoms with Gasteiger partial charge < -0.3 is 9.42 Å². The molecule has 1 aromatic heterocycles. The van der Waals surface area contributed by atoms with E-state index in [1.54, 1.807) is 19.0 Å². The number of nitrogens with zero attached hydrogens (tertiary/aromatic N) is 4. The molecule has 0 radical (unpaired) electrons. The topological polar surface area (TPSA) is 62.5 Å². The second-order valence-corrected chi connectivity index (χ2v) is 5.68. The van der Waals surface area contributed by atoms with Crippen LogP contribution in [0.15, 0.2) is 28.8 Å². The lowest BCUT2D eigenvalue weighted by molar-refractivity contribution is -0.137. The Morgan fingerprint density at radius 2 is 2.00 bits per heavy atom. The second-order valence-electron chi connectivity index (χ2n) is 5.68. The molecule has 0 saturated heterocycles. The van der Waals surface area contributed by atoms with E-state index in [1.807, 2.05) is 6.92 Å². The molecule has 0 fully saturated rings. The Kier molecular flexibility index (Phi) is 5.78. The minimum absolute atomic E-state index is 0.0699. The molecule has 0 saturated carbocycles. The predicted molar refractivity (Wildman–Crippen MR) is 84.4 cm³/mol. The Labute approximate surface area is 143 Å². The van der Waals surface area contributed by atoms with Gasteiger partial charge in [0.2, 0.25) is 17.6 Å². The fraction of sp³-hybridized carbons (Fsp3) is 0.438. The van der Waals surface area contributed by atoms with Crippen molar-refractivity contribution in [3.05, 3.63) is 35.7 Å². The summed E-state index contributed by atoms with van der Waals surface area (Å²) in [5.41, 5.74) is -0.555. The van der Waals surface area contributed by atoms with Crippen LogP contribution >= 0.6 is 0 Å². The zero-order chi connectivity index (χ0) is 18.6. The molecule has 0 aliphatic rings. The van der Waals surface area contributed by atoms with Crippen LogP contribution < -0.4 is 0 Å². The van der Waals surface area contributed by atoms with Crippen LogP contribution in [0.4, 0.5) is 13.2 Å². The zero-order valence-corrected chi connectivity index (χ0v) is 14.2. The molecule has 0 atom stereocenters. The third kappa shape index (κ3) is 5.02. The summed E-state index contributed by atoms with van der Waals surface area (Å²) < 4.78 is 43.5. The molecule has 9 heteroatoms. The van der Waals surface area contributed by atoms with Crippen molar-refractivity contribution in [1.82, 2.24) is 19.9 Å². The summed E-state index contributed by atoms with van der Waals surface area (Å²) in [6, 6.07) is 4.73. The van der Waals surface area contributed by atoms with Crippen molar-refractivity contribution < 1.29 is 22.5 Å². The molecule has 1 heterocycles. The van der Waals surface area contributed by atoms with Gasteiger partial charge in [0, 0.05) is 19.7 Å². The van der Waals surface area contributed by atoms with Crippen molar-refractivity contribution in [3.8, 4) is 11.4 Å². The van der Waals surface area contributed by atoms with Gasteiger partial charge in [0.1, 0.15) is 0 Å². The van der Waals surface area contributed by atoms with E-state index in [2.05, 4.69) is 10.1 Å². The molecule has 25 heavy (non-hydrogen) atoms. The Hall–Kier alpha value is -2.42. The van der Waals surface area contributed by atoms with Gasteiger partial charge in [0.15, 0.2) is 0 Å².